The van der Waals surface area contributed by atoms with Gasteiger partial charge in [-0.2, -0.15) is 0 Å². The Balaban J connectivity index is 1.11. The van der Waals surface area contributed by atoms with Crippen LogP contribution in [0.4, 0.5) is 21.9 Å². The third-order valence-electron chi connectivity index (χ3n) is 6.46. The molecule has 5 rings (SSSR count). The smallest absolute Gasteiger partial charge is 0.410 e. The molecule has 0 aromatic heterocycles. The monoisotopic (exact) mass is 471 g/mol. The van der Waals surface area contributed by atoms with Crippen molar-refractivity contribution in [3.63, 3.8) is 0 Å². The van der Waals surface area contributed by atoms with Gasteiger partial charge in [-0.25, -0.2) is 4.79 Å². The lowest BCUT2D eigenvalue weighted by Gasteiger charge is -2.14. The first-order valence-electron chi connectivity index (χ1n) is 11.8. The summed E-state index contributed by atoms with van der Waals surface area (Å²) in [6.45, 7) is 1.45. The van der Waals surface area contributed by atoms with Gasteiger partial charge < -0.3 is 31.7 Å². The van der Waals surface area contributed by atoms with Crippen LogP contribution in [0.5, 0.6) is 0 Å². The van der Waals surface area contributed by atoms with E-state index in [1.165, 1.54) is 5.56 Å². The Bertz CT molecular complexity index is 1210. The van der Waals surface area contributed by atoms with Crippen molar-refractivity contribution in [2.45, 2.75) is 31.0 Å². The van der Waals surface area contributed by atoms with E-state index in [-0.39, 0.29) is 18.1 Å². The van der Waals surface area contributed by atoms with Gasteiger partial charge in [0.1, 0.15) is 6.10 Å². The topological polar surface area (TPSA) is 123 Å². The second-order valence-corrected chi connectivity index (χ2v) is 9.13. The summed E-state index contributed by atoms with van der Waals surface area (Å²) in [7, 11) is 0. The molecular formula is C27H29N5O3. The van der Waals surface area contributed by atoms with Crippen molar-refractivity contribution in [2.75, 3.05) is 29.5 Å². The molecular weight excluding hydrogens is 442 g/mol. The number of nitrogens with two attached hydrogens (primary N) is 2. The lowest BCUT2D eigenvalue weighted by Crippen LogP contribution is -2.27. The van der Waals surface area contributed by atoms with Gasteiger partial charge in [-0.15, -0.1) is 0 Å². The van der Waals surface area contributed by atoms with E-state index in [2.05, 4.69) is 22.8 Å². The molecule has 2 fully saturated rings. The van der Waals surface area contributed by atoms with Gasteiger partial charge in [-0.05, 0) is 53.9 Å². The number of carbonyl (C=O) groups is 2. The second kappa shape index (κ2) is 9.68. The summed E-state index contributed by atoms with van der Waals surface area (Å²) in [5.74, 6) is 0.244. The quantitative estimate of drug-likeness (QED) is 0.371. The van der Waals surface area contributed by atoms with Crippen molar-refractivity contribution in [2.24, 2.45) is 5.73 Å². The Kier molecular flexibility index (Phi) is 6.29. The van der Waals surface area contributed by atoms with E-state index in [1.807, 2.05) is 36.4 Å². The van der Waals surface area contributed by atoms with Gasteiger partial charge in [-0.3, -0.25) is 4.79 Å². The summed E-state index contributed by atoms with van der Waals surface area (Å²) in [5.41, 5.74) is 16.6. The average Bonchev–Trinajstić information content (AvgIpc) is 3.50. The van der Waals surface area contributed by atoms with Crippen molar-refractivity contribution in [3.8, 4) is 0 Å². The van der Waals surface area contributed by atoms with Crippen molar-refractivity contribution < 1.29 is 14.3 Å². The molecule has 0 radical (unpaired) electrons. The van der Waals surface area contributed by atoms with E-state index in [4.69, 9.17) is 16.2 Å². The van der Waals surface area contributed by atoms with Gasteiger partial charge in [0.15, 0.2) is 0 Å². The molecule has 3 unspecified atom stereocenters. The molecule has 3 atom stereocenters. The number of benzene rings is 3. The van der Waals surface area contributed by atoms with E-state index < -0.39 is 0 Å². The van der Waals surface area contributed by atoms with Crippen LogP contribution in [0.25, 0.3) is 0 Å². The molecule has 8 heteroatoms. The van der Waals surface area contributed by atoms with Crippen LogP contribution in [0.15, 0.2) is 72.8 Å². The number of nitrogens with zero attached hydrogens (tertiary/aromatic N) is 1. The summed E-state index contributed by atoms with van der Waals surface area (Å²) in [6.07, 6.45) is 0.482. The van der Waals surface area contributed by atoms with E-state index in [9.17, 15) is 9.59 Å². The summed E-state index contributed by atoms with van der Waals surface area (Å²) >= 11 is 0. The number of hydrogen-bond acceptors (Lipinski definition) is 6. The Morgan fingerprint density at radius 3 is 2.43 bits per heavy atom. The van der Waals surface area contributed by atoms with Crippen LogP contribution in [0.3, 0.4) is 0 Å². The number of nitrogen functional groups attached to an aromatic ring is 1. The van der Waals surface area contributed by atoms with Gasteiger partial charge >= 0.3 is 6.09 Å². The van der Waals surface area contributed by atoms with E-state index in [1.54, 1.807) is 29.2 Å². The van der Waals surface area contributed by atoms with Crippen LogP contribution >= 0.6 is 0 Å². The Morgan fingerprint density at radius 1 is 1.03 bits per heavy atom. The number of cyclic esters (lactones) is 1. The summed E-state index contributed by atoms with van der Waals surface area (Å²) in [4.78, 5) is 26.5. The summed E-state index contributed by atoms with van der Waals surface area (Å²) in [6, 6.07) is 22.9. The average molecular weight is 472 g/mol. The molecule has 0 spiro atoms. The highest BCUT2D eigenvalue weighted by molar-refractivity contribution is 6.05. The van der Waals surface area contributed by atoms with Crippen LogP contribution in [-0.2, 0) is 11.3 Å². The zero-order valence-corrected chi connectivity index (χ0v) is 19.3. The minimum atomic E-state index is -0.337. The van der Waals surface area contributed by atoms with Crippen LogP contribution in [0.1, 0.15) is 33.8 Å². The fourth-order valence-electron chi connectivity index (χ4n) is 4.28. The first kappa shape index (κ1) is 22.7. The molecule has 1 aliphatic heterocycles. The van der Waals surface area contributed by atoms with Gasteiger partial charge in [0.25, 0.3) is 5.91 Å². The van der Waals surface area contributed by atoms with Crippen LogP contribution in [0, 0.1) is 0 Å². The number of amides is 2. The first-order chi connectivity index (χ1) is 17.0. The van der Waals surface area contributed by atoms with Crippen molar-refractivity contribution in [1.82, 2.24) is 4.90 Å². The fraction of sp³-hybridized carbons (Fsp3) is 0.259. The van der Waals surface area contributed by atoms with E-state index in [0.717, 1.165) is 17.7 Å². The molecule has 2 amide bonds. The second-order valence-electron chi connectivity index (χ2n) is 9.13. The predicted octanol–water partition coefficient (Wildman–Crippen LogP) is 3.77. The number of hydrogen-bond donors (Lipinski definition) is 4. The Labute approximate surface area is 204 Å². The van der Waals surface area contributed by atoms with E-state index in [0.29, 0.717) is 48.5 Å². The molecule has 3 aromatic rings. The fourth-order valence-corrected chi connectivity index (χ4v) is 4.28. The highest BCUT2D eigenvalue weighted by Crippen LogP contribution is 2.39. The lowest BCUT2D eigenvalue weighted by molar-refractivity contribution is 0.102. The van der Waals surface area contributed by atoms with Gasteiger partial charge in [0, 0.05) is 29.8 Å². The third-order valence-corrected chi connectivity index (χ3v) is 6.46. The van der Waals surface area contributed by atoms with Crippen molar-refractivity contribution >= 4 is 29.1 Å². The molecule has 1 heterocycles. The Morgan fingerprint density at radius 2 is 1.74 bits per heavy atom. The van der Waals surface area contributed by atoms with Crippen LogP contribution < -0.4 is 22.1 Å². The molecule has 1 saturated heterocycles. The Hall–Kier alpha value is -4.04. The standard InChI is InChI=1S/C27H29N5O3/c28-23-3-1-2-4-25(23)31-26(33)19-7-5-17(6-8-19)15-32-16-21(35-27(32)34)14-30-20-11-9-18(10-12-20)22-13-24(22)29/h1-12,21-22,24,30H,13-16,28-29H2,(H,31,33). The maximum absolute atomic E-state index is 12.5. The molecule has 3 aromatic carbocycles. The SMILES string of the molecule is Nc1ccccc1NC(=O)c1ccc(CN2CC(CNc3ccc(C4CC4N)cc3)OC2=O)cc1. The predicted molar refractivity (Wildman–Crippen MR) is 136 cm³/mol. The molecule has 2 aliphatic rings. The summed E-state index contributed by atoms with van der Waals surface area (Å²) in [5, 5.41) is 6.16. The van der Waals surface area contributed by atoms with Crippen LogP contribution in [-0.4, -0.2) is 42.1 Å². The maximum Gasteiger partial charge on any atom is 0.410 e. The molecule has 180 valence electrons. The molecule has 0 bridgehead atoms. The maximum atomic E-state index is 12.5. The third kappa shape index (κ3) is 5.38. The molecule has 1 saturated carbocycles. The molecule has 35 heavy (non-hydrogen) atoms. The van der Waals surface area contributed by atoms with Crippen molar-refractivity contribution in [1.29, 1.82) is 0 Å². The van der Waals surface area contributed by atoms with Crippen LogP contribution in [0.2, 0.25) is 0 Å². The first-order valence-corrected chi connectivity index (χ1v) is 11.8. The number of para-hydroxylation sites is 2. The highest BCUT2D eigenvalue weighted by atomic mass is 16.6. The van der Waals surface area contributed by atoms with Gasteiger partial charge in [0.2, 0.25) is 0 Å². The van der Waals surface area contributed by atoms with Gasteiger partial charge in [-0.1, -0.05) is 36.4 Å². The van der Waals surface area contributed by atoms with Gasteiger partial charge in [0.05, 0.1) is 24.5 Å². The molecule has 8 nitrogen and oxygen atoms in total. The normalized spacial score (nSPS) is 20.9. The van der Waals surface area contributed by atoms with Crippen molar-refractivity contribution in [3.05, 3.63) is 89.5 Å². The minimum absolute atomic E-state index is 0.236. The highest BCUT2D eigenvalue weighted by Gasteiger charge is 2.34. The number of nitrogens with one attached hydrogen (secondary N) is 2. The molecule has 6 N–H and O–H groups in total. The number of rotatable bonds is 8. The molecule has 1 aliphatic carbocycles. The zero-order chi connectivity index (χ0) is 24.4. The number of carbonyl (C=O) groups excluding carboxylic acids is 2. The van der Waals surface area contributed by atoms with E-state index >= 15 is 0 Å². The number of anilines is 3. The minimum Gasteiger partial charge on any atom is -0.442 e. The summed E-state index contributed by atoms with van der Waals surface area (Å²) < 4.78 is 5.53. The number of ether oxygens (including phenoxy) is 1. The largest absolute Gasteiger partial charge is 0.442 e. The zero-order valence-electron chi connectivity index (χ0n) is 19.3. The lowest BCUT2D eigenvalue weighted by atomic mass is 10.1.